The Morgan fingerprint density at radius 1 is 0.931 bits per heavy atom. The van der Waals surface area contributed by atoms with Crippen LogP contribution < -0.4 is 14.4 Å². The van der Waals surface area contributed by atoms with Gasteiger partial charge < -0.3 is 19.3 Å². The Labute approximate surface area is 170 Å². The molecule has 1 fully saturated rings. The maximum atomic E-state index is 12.9. The number of carbonyl (C=O) groups is 1. The van der Waals surface area contributed by atoms with Crippen LogP contribution in [0, 0.1) is 0 Å². The fourth-order valence-electron chi connectivity index (χ4n) is 4.28. The molecule has 5 nitrogen and oxygen atoms in total. The zero-order chi connectivity index (χ0) is 19.6. The average Bonchev–Trinajstić information content (AvgIpc) is 2.79. The number of carbonyl (C=O) groups excluding carboxylic acids is 1. The van der Waals surface area contributed by atoms with Crippen molar-refractivity contribution in [3.8, 4) is 11.5 Å². The van der Waals surface area contributed by atoms with Crippen molar-refractivity contribution in [1.29, 1.82) is 0 Å². The van der Waals surface area contributed by atoms with Crippen molar-refractivity contribution in [2.45, 2.75) is 12.6 Å². The third kappa shape index (κ3) is 3.66. The van der Waals surface area contributed by atoms with Crippen LogP contribution in [0.5, 0.6) is 11.5 Å². The van der Waals surface area contributed by atoms with Crippen LogP contribution in [0.2, 0.25) is 0 Å². The van der Waals surface area contributed by atoms with E-state index in [1.54, 1.807) is 0 Å². The molecule has 1 atom stereocenters. The lowest BCUT2D eigenvalue weighted by Crippen LogP contribution is -3.13. The molecule has 1 saturated heterocycles. The summed E-state index contributed by atoms with van der Waals surface area (Å²) in [6.45, 7) is 4.65. The van der Waals surface area contributed by atoms with E-state index < -0.39 is 6.10 Å². The molecular weight excluding hydrogens is 364 g/mol. The van der Waals surface area contributed by atoms with Gasteiger partial charge in [0.25, 0.3) is 5.91 Å². The van der Waals surface area contributed by atoms with E-state index in [-0.39, 0.29) is 12.5 Å². The molecule has 2 aliphatic rings. The number of piperazine rings is 1. The second-order valence-electron chi connectivity index (χ2n) is 7.75. The monoisotopic (exact) mass is 389 g/mol. The summed E-state index contributed by atoms with van der Waals surface area (Å²) >= 11 is 0. The van der Waals surface area contributed by atoms with Crippen LogP contribution in [0.15, 0.2) is 66.7 Å². The topological polar surface area (TPSA) is 43.2 Å². The molecular formula is C24H25N2O3+. The Balaban J connectivity index is 1.20. The van der Waals surface area contributed by atoms with E-state index in [0.29, 0.717) is 11.5 Å². The van der Waals surface area contributed by atoms with Gasteiger partial charge in [-0.3, -0.25) is 4.79 Å². The number of nitrogens with zero attached hydrogens (tertiary/aromatic N) is 1. The van der Waals surface area contributed by atoms with Crippen molar-refractivity contribution in [1.82, 2.24) is 4.90 Å². The number of benzene rings is 3. The van der Waals surface area contributed by atoms with Crippen LogP contribution in [-0.4, -0.2) is 49.7 Å². The lowest BCUT2D eigenvalue weighted by molar-refractivity contribution is -0.917. The van der Waals surface area contributed by atoms with Crippen LogP contribution in [-0.2, 0) is 11.3 Å². The van der Waals surface area contributed by atoms with Crippen molar-refractivity contribution < 1.29 is 19.2 Å². The summed E-state index contributed by atoms with van der Waals surface area (Å²) in [5.41, 5.74) is 1.37. The number of hydrogen-bond donors (Lipinski definition) is 1. The first-order valence-electron chi connectivity index (χ1n) is 10.3. The quantitative estimate of drug-likeness (QED) is 0.744. The minimum absolute atomic E-state index is 0.0312. The lowest BCUT2D eigenvalue weighted by Gasteiger charge is -2.35. The molecule has 0 aliphatic carbocycles. The maximum Gasteiger partial charge on any atom is 0.267 e. The molecule has 148 valence electrons. The molecule has 1 amide bonds. The Bertz CT molecular complexity index is 1020. The first kappa shape index (κ1) is 18.0. The SMILES string of the molecule is O=C([C@@H]1COc2ccccc2O1)N1CC[NH+](Cc2cccc3ccccc23)CC1. The van der Waals surface area contributed by atoms with Gasteiger partial charge >= 0.3 is 0 Å². The van der Waals surface area contributed by atoms with Crippen molar-refractivity contribution in [2.75, 3.05) is 32.8 Å². The molecule has 3 aromatic carbocycles. The largest absolute Gasteiger partial charge is 0.485 e. The van der Waals surface area contributed by atoms with Gasteiger partial charge in [-0.15, -0.1) is 0 Å². The second kappa shape index (κ2) is 7.76. The van der Waals surface area contributed by atoms with Gasteiger partial charge in [0, 0.05) is 5.56 Å². The fourth-order valence-corrected chi connectivity index (χ4v) is 4.28. The summed E-state index contributed by atoms with van der Waals surface area (Å²) in [6.07, 6.45) is -0.551. The lowest BCUT2D eigenvalue weighted by atomic mass is 10.0. The highest BCUT2D eigenvalue weighted by Gasteiger charge is 2.33. The maximum absolute atomic E-state index is 12.9. The summed E-state index contributed by atoms with van der Waals surface area (Å²) in [6, 6.07) is 22.6. The van der Waals surface area contributed by atoms with Crippen LogP contribution in [0.4, 0.5) is 0 Å². The van der Waals surface area contributed by atoms with Gasteiger partial charge in [-0.1, -0.05) is 54.6 Å². The molecule has 1 N–H and O–H groups in total. The van der Waals surface area contributed by atoms with Crippen molar-refractivity contribution in [2.24, 2.45) is 0 Å². The minimum Gasteiger partial charge on any atom is -0.485 e. The Kier molecular flexibility index (Phi) is 4.82. The molecule has 5 rings (SSSR count). The number of quaternary nitrogens is 1. The summed E-state index contributed by atoms with van der Waals surface area (Å²) < 4.78 is 11.6. The fraction of sp³-hybridized carbons (Fsp3) is 0.292. The third-order valence-corrected chi connectivity index (χ3v) is 5.89. The van der Waals surface area contributed by atoms with E-state index >= 15 is 0 Å². The molecule has 2 aliphatic heterocycles. The zero-order valence-electron chi connectivity index (χ0n) is 16.3. The van der Waals surface area contributed by atoms with E-state index in [0.717, 1.165) is 32.7 Å². The van der Waals surface area contributed by atoms with Crippen LogP contribution in [0.3, 0.4) is 0 Å². The van der Waals surface area contributed by atoms with E-state index in [2.05, 4.69) is 42.5 Å². The highest BCUT2D eigenvalue weighted by Crippen LogP contribution is 2.31. The van der Waals surface area contributed by atoms with Gasteiger partial charge in [0.1, 0.15) is 13.2 Å². The summed E-state index contributed by atoms with van der Waals surface area (Å²) in [5.74, 6) is 1.39. The van der Waals surface area contributed by atoms with Crippen LogP contribution in [0.1, 0.15) is 5.56 Å². The van der Waals surface area contributed by atoms with Gasteiger partial charge in [-0.05, 0) is 22.9 Å². The van der Waals surface area contributed by atoms with Gasteiger partial charge in [-0.2, -0.15) is 0 Å². The average molecular weight is 389 g/mol. The van der Waals surface area contributed by atoms with Crippen molar-refractivity contribution >= 4 is 16.7 Å². The molecule has 0 radical (unpaired) electrons. The van der Waals surface area contributed by atoms with E-state index in [1.807, 2.05) is 29.2 Å². The molecule has 0 bridgehead atoms. The normalized spacial score (nSPS) is 19.3. The molecule has 29 heavy (non-hydrogen) atoms. The first-order valence-corrected chi connectivity index (χ1v) is 10.3. The van der Waals surface area contributed by atoms with Crippen LogP contribution >= 0.6 is 0 Å². The Morgan fingerprint density at radius 2 is 1.66 bits per heavy atom. The summed E-state index contributed by atoms with van der Waals surface area (Å²) in [5, 5.41) is 2.61. The number of ether oxygens (including phenoxy) is 2. The van der Waals surface area contributed by atoms with Gasteiger partial charge in [-0.25, -0.2) is 0 Å². The number of nitrogens with one attached hydrogen (secondary N) is 1. The van der Waals surface area contributed by atoms with Gasteiger partial charge in [0.05, 0.1) is 26.2 Å². The first-order chi connectivity index (χ1) is 14.3. The van der Waals surface area contributed by atoms with E-state index in [1.165, 1.54) is 21.2 Å². The van der Waals surface area contributed by atoms with Crippen molar-refractivity contribution in [3.63, 3.8) is 0 Å². The standard InChI is InChI=1S/C24H24N2O3/c27-24(23-17-28-21-10-3-4-11-22(21)29-23)26-14-12-25(13-15-26)16-19-8-5-7-18-6-1-2-9-20(18)19/h1-11,23H,12-17H2/p+1/t23-/m0/s1. The molecule has 2 heterocycles. The summed E-state index contributed by atoms with van der Waals surface area (Å²) in [7, 11) is 0. The van der Waals surface area contributed by atoms with E-state index in [9.17, 15) is 4.79 Å². The van der Waals surface area contributed by atoms with Crippen LogP contribution in [0.25, 0.3) is 10.8 Å². The van der Waals surface area contributed by atoms with Gasteiger partial charge in [0.2, 0.25) is 6.10 Å². The van der Waals surface area contributed by atoms with E-state index in [4.69, 9.17) is 9.47 Å². The molecule has 0 unspecified atom stereocenters. The molecule has 3 aromatic rings. The zero-order valence-corrected chi connectivity index (χ0v) is 16.3. The number of para-hydroxylation sites is 2. The second-order valence-corrected chi connectivity index (χ2v) is 7.75. The number of amides is 1. The highest BCUT2D eigenvalue weighted by atomic mass is 16.6. The molecule has 5 heteroatoms. The van der Waals surface area contributed by atoms with Crippen molar-refractivity contribution in [3.05, 3.63) is 72.3 Å². The molecule has 0 aromatic heterocycles. The molecule has 0 saturated carbocycles. The predicted octanol–water partition coefficient (Wildman–Crippen LogP) is 1.91. The number of fused-ring (bicyclic) bond motifs is 2. The van der Waals surface area contributed by atoms with Gasteiger partial charge in [0.15, 0.2) is 11.5 Å². The predicted molar refractivity (Wildman–Crippen MR) is 111 cm³/mol. The Morgan fingerprint density at radius 3 is 2.52 bits per heavy atom. The summed E-state index contributed by atoms with van der Waals surface area (Å²) in [4.78, 5) is 16.4. The third-order valence-electron chi connectivity index (χ3n) is 5.89. The highest BCUT2D eigenvalue weighted by molar-refractivity contribution is 5.85. The Hall–Kier alpha value is -3.05. The minimum atomic E-state index is -0.551. The number of hydrogen-bond acceptors (Lipinski definition) is 3. The smallest absolute Gasteiger partial charge is 0.267 e. The number of rotatable bonds is 3. The molecule has 0 spiro atoms.